The van der Waals surface area contributed by atoms with E-state index in [0.29, 0.717) is 23.8 Å². The number of H-pyrrole nitrogens is 1. The van der Waals surface area contributed by atoms with Gasteiger partial charge in [0.05, 0.1) is 0 Å². The van der Waals surface area contributed by atoms with Crippen molar-refractivity contribution < 1.29 is 12.9 Å². The fraction of sp³-hybridized carbons (Fsp3) is 0.0909. The van der Waals surface area contributed by atoms with Crippen molar-refractivity contribution in [3.8, 4) is 11.4 Å². The van der Waals surface area contributed by atoms with Gasteiger partial charge in [0.1, 0.15) is 4.21 Å². The van der Waals surface area contributed by atoms with E-state index in [-0.39, 0.29) is 4.21 Å². The number of para-hydroxylation sites is 1. The van der Waals surface area contributed by atoms with Gasteiger partial charge in [0.25, 0.3) is 10.0 Å². The number of hydrogen-bond acceptors (Lipinski definition) is 6. The lowest BCUT2D eigenvalue weighted by molar-refractivity contribution is 0.379. The summed E-state index contributed by atoms with van der Waals surface area (Å²) in [7, 11) is -3.57. The molecule has 0 aliphatic rings. The molecule has 0 unspecified atom stereocenters. The Hall–Kier alpha value is -3.43. The Bertz CT molecular complexity index is 1420. The first-order chi connectivity index (χ1) is 15.1. The molecule has 31 heavy (non-hydrogen) atoms. The van der Waals surface area contributed by atoms with E-state index in [2.05, 4.69) is 25.9 Å². The Balaban J connectivity index is 1.26. The first kappa shape index (κ1) is 19.5. The number of sulfonamides is 1. The Labute approximate surface area is 182 Å². The van der Waals surface area contributed by atoms with Gasteiger partial charge < -0.3 is 9.51 Å². The van der Waals surface area contributed by atoms with Gasteiger partial charge >= 0.3 is 0 Å². The average molecular weight is 451 g/mol. The molecule has 2 aromatic carbocycles. The summed E-state index contributed by atoms with van der Waals surface area (Å²) < 4.78 is 32.9. The summed E-state index contributed by atoms with van der Waals surface area (Å²) in [6.45, 7) is 0. The van der Waals surface area contributed by atoms with Gasteiger partial charge in [-0.05, 0) is 53.8 Å². The molecule has 5 rings (SSSR count). The quantitative estimate of drug-likeness (QED) is 0.369. The van der Waals surface area contributed by atoms with E-state index in [4.69, 9.17) is 4.52 Å². The summed E-state index contributed by atoms with van der Waals surface area (Å²) >= 11 is 1.17. The molecule has 5 aromatic rings. The van der Waals surface area contributed by atoms with E-state index in [0.717, 1.165) is 17.5 Å². The fourth-order valence-corrected chi connectivity index (χ4v) is 5.41. The number of benzene rings is 2. The van der Waals surface area contributed by atoms with Gasteiger partial charge in [-0.15, -0.1) is 11.3 Å². The van der Waals surface area contributed by atoms with E-state index in [1.165, 1.54) is 22.3 Å². The summed E-state index contributed by atoms with van der Waals surface area (Å²) in [6.07, 6.45) is 3.43. The van der Waals surface area contributed by atoms with Crippen LogP contribution in [0.3, 0.4) is 0 Å². The number of anilines is 1. The van der Waals surface area contributed by atoms with E-state index < -0.39 is 10.0 Å². The molecular formula is C22H18N4O3S2. The first-order valence-electron chi connectivity index (χ1n) is 9.63. The highest BCUT2D eigenvalue weighted by atomic mass is 32.2. The van der Waals surface area contributed by atoms with Gasteiger partial charge in [-0.2, -0.15) is 4.98 Å². The molecule has 7 nitrogen and oxygen atoms in total. The first-order valence-corrected chi connectivity index (χ1v) is 12.0. The van der Waals surface area contributed by atoms with Gasteiger partial charge in [0.2, 0.25) is 11.7 Å². The smallest absolute Gasteiger partial charge is 0.271 e. The number of hydrogen-bond donors (Lipinski definition) is 2. The monoisotopic (exact) mass is 450 g/mol. The van der Waals surface area contributed by atoms with Gasteiger partial charge in [-0.3, -0.25) is 4.72 Å². The predicted molar refractivity (Wildman–Crippen MR) is 121 cm³/mol. The molecule has 156 valence electrons. The fourth-order valence-electron chi connectivity index (χ4n) is 3.36. The van der Waals surface area contributed by atoms with Crippen LogP contribution >= 0.6 is 11.3 Å². The van der Waals surface area contributed by atoms with Crippen LogP contribution < -0.4 is 4.72 Å². The van der Waals surface area contributed by atoms with Crippen LogP contribution in [0.25, 0.3) is 22.3 Å². The van der Waals surface area contributed by atoms with Gasteiger partial charge in [0.15, 0.2) is 0 Å². The predicted octanol–water partition coefficient (Wildman–Crippen LogP) is 4.87. The van der Waals surface area contributed by atoms with Crippen LogP contribution in [0.15, 0.2) is 81.0 Å². The summed E-state index contributed by atoms with van der Waals surface area (Å²) in [5.74, 6) is 1.03. The number of aryl methyl sites for hydroxylation is 2. The van der Waals surface area contributed by atoms with Crippen molar-refractivity contribution in [2.45, 2.75) is 17.1 Å². The van der Waals surface area contributed by atoms with Gasteiger partial charge in [-0.25, -0.2) is 8.42 Å². The molecule has 3 heterocycles. The van der Waals surface area contributed by atoms with E-state index >= 15 is 0 Å². The van der Waals surface area contributed by atoms with E-state index in [1.54, 1.807) is 41.8 Å². The molecule has 0 atom stereocenters. The summed E-state index contributed by atoms with van der Waals surface area (Å²) in [4.78, 5) is 7.75. The lowest BCUT2D eigenvalue weighted by atomic mass is 10.1. The molecule has 0 amide bonds. The number of thiophene rings is 1. The topological polar surface area (TPSA) is 101 Å². The molecule has 0 radical (unpaired) electrons. The van der Waals surface area contributed by atoms with E-state index in [9.17, 15) is 8.42 Å². The van der Waals surface area contributed by atoms with Crippen molar-refractivity contribution >= 4 is 38.0 Å². The minimum absolute atomic E-state index is 0.273. The zero-order valence-electron chi connectivity index (χ0n) is 16.3. The highest BCUT2D eigenvalue weighted by molar-refractivity contribution is 7.94. The molecule has 0 aliphatic heterocycles. The zero-order valence-corrected chi connectivity index (χ0v) is 17.9. The molecule has 0 spiro atoms. The van der Waals surface area contributed by atoms with Crippen molar-refractivity contribution in [2.24, 2.45) is 0 Å². The summed E-state index contributed by atoms with van der Waals surface area (Å²) in [5, 5.41) is 6.99. The Kier molecular flexibility index (Phi) is 5.05. The van der Waals surface area contributed by atoms with Crippen molar-refractivity contribution in [1.82, 2.24) is 15.1 Å². The Morgan fingerprint density at radius 3 is 2.65 bits per heavy atom. The number of rotatable bonds is 7. The highest BCUT2D eigenvalue weighted by Gasteiger charge is 2.16. The van der Waals surface area contributed by atoms with Crippen molar-refractivity contribution in [1.29, 1.82) is 0 Å². The standard InChI is InChI=1S/C22H18N4O3S2/c27-31(28,21-6-3-13-30-21)26-17-10-7-15(8-11-17)22-24-20(29-25-22)12-9-16-14-23-19-5-2-1-4-18(16)19/h1-8,10-11,13-14,23,26H,9,12H2. The Morgan fingerprint density at radius 1 is 1.00 bits per heavy atom. The lowest BCUT2D eigenvalue weighted by Crippen LogP contribution is -2.11. The van der Waals surface area contributed by atoms with Crippen LogP contribution in [-0.4, -0.2) is 23.5 Å². The molecule has 0 aliphatic carbocycles. The third-order valence-corrected chi connectivity index (χ3v) is 7.69. The van der Waals surface area contributed by atoms with Gasteiger partial charge in [0, 0.05) is 34.8 Å². The number of nitrogens with one attached hydrogen (secondary N) is 2. The second kappa shape index (κ2) is 8.01. The maximum Gasteiger partial charge on any atom is 0.271 e. The number of aromatic nitrogens is 3. The lowest BCUT2D eigenvalue weighted by Gasteiger charge is -2.06. The molecule has 2 N–H and O–H groups in total. The summed E-state index contributed by atoms with van der Waals surface area (Å²) in [5.41, 5.74) is 3.54. The maximum absolute atomic E-state index is 12.3. The minimum Gasteiger partial charge on any atom is -0.361 e. The second-order valence-electron chi connectivity index (χ2n) is 6.99. The zero-order chi connectivity index (χ0) is 21.3. The SMILES string of the molecule is O=S(=O)(Nc1ccc(-c2noc(CCc3c[nH]c4ccccc34)n2)cc1)c1cccs1. The molecule has 0 saturated heterocycles. The van der Waals surface area contributed by atoms with Crippen molar-refractivity contribution in [3.63, 3.8) is 0 Å². The molecule has 9 heteroatoms. The Morgan fingerprint density at radius 2 is 1.84 bits per heavy atom. The molecule has 3 aromatic heterocycles. The van der Waals surface area contributed by atoms with Crippen LogP contribution in [0.1, 0.15) is 11.5 Å². The van der Waals surface area contributed by atoms with E-state index in [1.807, 2.05) is 24.4 Å². The molecular weight excluding hydrogens is 432 g/mol. The normalized spacial score (nSPS) is 11.7. The van der Waals surface area contributed by atoms with Crippen molar-refractivity contribution in [2.75, 3.05) is 4.72 Å². The third kappa shape index (κ3) is 4.10. The second-order valence-corrected chi connectivity index (χ2v) is 9.84. The molecule has 0 saturated carbocycles. The number of aromatic amines is 1. The third-order valence-electron chi connectivity index (χ3n) is 4.91. The number of fused-ring (bicyclic) bond motifs is 1. The van der Waals surface area contributed by atoms with Crippen LogP contribution in [0.4, 0.5) is 5.69 Å². The highest BCUT2D eigenvalue weighted by Crippen LogP contribution is 2.24. The average Bonchev–Trinajstić information content (AvgIpc) is 3.53. The summed E-state index contributed by atoms with van der Waals surface area (Å²) in [6, 6.07) is 18.3. The number of nitrogens with zero attached hydrogens (tertiary/aromatic N) is 2. The minimum atomic E-state index is -3.57. The van der Waals surface area contributed by atoms with Crippen LogP contribution in [0.5, 0.6) is 0 Å². The van der Waals surface area contributed by atoms with Gasteiger partial charge in [-0.1, -0.05) is 29.4 Å². The largest absolute Gasteiger partial charge is 0.361 e. The van der Waals surface area contributed by atoms with Crippen molar-refractivity contribution in [3.05, 3.63) is 83.7 Å². The van der Waals surface area contributed by atoms with Crippen LogP contribution in [0.2, 0.25) is 0 Å². The molecule has 0 bridgehead atoms. The molecule has 0 fully saturated rings. The maximum atomic E-state index is 12.3. The van der Waals surface area contributed by atoms with Crippen LogP contribution in [-0.2, 0) is 22.9 Å². The van der Waals surface area contributed by atoms with Crippen LogP contribution in [0, 0.1) is 0 Å².